The van der Waals surface area contributed by atoms with Gasteiger partial charge < -0.3 is 5.32 Å². The molecule has 0 aliphatic rings. The first kappa shape index (κ1) is 9.11. The van der Waals surface area contributed by atoms with E-state index in [-0.39, 0.29) is 5.41 Å². The topological polar surface area (TPSA) is 12.0 Å². The molecule has 0 aliphatic heterocycles. The molecule has 0 heterocycles. The third kappa shape index (κ3) is 3.42. The molecular weight excluding hydrogens is 146 g/mol. The molecule has 0 fully saturated rings. The molecule has 0 saturated heterocycles. The summed E-state index contributed by atoms with van der Waals surface area (Å²) in [5, 5.41) is 3.26. The summed E-state index contributed by atoms with van der Waals surface area (Å²) in [4.78, 5) is 0. The maximum Gasteiger partial charge on any atom is 0.0516 e. The highest BCUT2D eigenvalue weighted by Crippen LogP contribution is 2.18. The molecule has 1 radical (unpaired) electrons. The van der Waals surface area contributed by atoms with Gasteiger partial charge in [-0.2, -0.15) is 0 Å². The maximum absolute atomic E-state index is 3.26. The average molecular weight is 162 g/mol. The second kappa shape index (κ2) is 3.61. The lowest BCUT2D eigenvalue weighted by Gasteiger charge is -2.18. The predicted octanol–water partition coefficient (Wildman–Crippen LogP) is 3.31. The van der Waals surface area contributed by atoms with Crippen molar-refractivity contribution in [3.63, 3.8) is 0 Å². The van der Waals surface area contributed by atoms with E-state index in [0.29, 0.717) is 0 Å². The van der Waals surface area contributed by atoms with Gasteiger partial charge in [0.25, 0.3) is 0 Å². The fourth-order valence-electron chi connectivity index (χ4n) is 0.834. The van der Waals surface area contributed by atoms with Crippen LogP contribution in [0.25, 0.3) is 0 Å². The van der Waals surface area contributed by atoms with Gasteiger partial charge in [-0.15, -0.1) is 0 Å². The van der Waals surface area contributed by atoms with Gasteiger partial charge in [-0.05, 0) is 17.5 Å². The van der Waals surface area contributed by atoms with Crippen molar-refractivity contribution in [2.24, 2.45) is 5.41 Å². The van der Waals surface area contributed by atoms with Crippen LogP contribution in [-0.2, 0) is 0 Å². The fourth-order valence-corrected chi connectivity index (χ4v) is 0.834. The molecule has 1 aromatic rings. The zero-order valence-corrected chi connectivity index (χ0v) is 7.96. The molecule has 0 amide bonds. The summed E-state index contributed by atoms with van der Waals surface area (Å²) in [6.45, 7) is 8.61. The monoisotopic (exact) mass is 162 g/mol. The minimum atomic E-state index is 0.218. The molecule has 0 saturated carbocycles. The summed E-state index contributed by atoms with van der Waals surface area (Å²) < 4.78 is 0. The number of anilines is 1. The summed E-state index contributed by atoms with van der Waals surface area (Å²) in [5.41, 5.74) is 1.36. The Balaban J connectivity index is 2.44. The van der Waals surface area contributed by atoms with Gasteiger partial charge in [-0.25, -0.2) is 0 Å². The Kier molecular flexibility index (Phi) is 2.74. The van der Waals surface area contributed by atoms with Crippen LogP contribution in [0.5, 0.6) is 0 Å². The van der Waals surface area contributed by atoms with Crippen LogP contribution in [0, 0.1) is 12.0 Å². The Labute approximate surface area is 74.8 Å². The molecule has 0 unspecified atom stereocenters. The van der Waals surface area contributed by atoms with E-state index in [2.05, 4.69) is 44.8 Å². The van der Waals surface area contributed by atoms with Crippen LogP contribution in [0.2, 0.25) is 0 Å². The van der Waals surface area contributed by atoms with Gasteiger partial charge in [-0.1, -0.05) is 39.0 Å². The largest absolute Gasteiger partial charge is 0.380 e. The molecule has 65 valence electrons. The Bertz CT molecular complexity index is 221. The number of rotatable bonds is 2. The van der Waals surface area contributed by atoms with E-state index in [0.717, 1.165) is 5.69 Å². The Morgan fingerprint density at radius 2 is 1.67 bits per heavy atom. The molecule has 0 aliphatic carbocycles. The fraction of sp³-hybridized carbons (Fsp3) is 0.364. The van der Waals surface area contributed by atoms with Gasteiger partial charge in [0.15, 0.2) is 0 Å². The number of nitrogens with one attached hydrogen (secondary N) is 1. The van der Waals surface area contributed by atoms with Crippen molar-refractivity contribution < 1.29 is 0 Å². The molecule has 12 heavy (non-hydrogen) atoms. The van der Waals surface area contributed by atoms with Crippen molar-refractivity contribution in [2.45, 2.75) is 20.8 Å². The van der Waals surface area contributed by atoms with E-state index in [9.17, 15) is 0 Å². The maximum atomic E-state index is 3.26. The van der Waals surface area contributed by atoms with Gasteiger partial charge in [0.2, 0.25) is 0 Å². The first-order chi connectivity index (χ1) is 5.58. The normalized spacial score (nSPS) is 11.2. The van der Waals surface area contributed by atoms with E-state index in [1.807, 2.05) is 18.2 Å². The summed E-state index contributed by atoms with van der Waals surface area (Å²) >= 11 is 0. The molecule has 0 aromatic heterocycles. The first-order valence-electron chi connectivity index (χ1n) is 4.24. The number of para-hydroxylation sites is 1. The van der Waals surface area contributed by atoms with E-state index >= 15 is 0 Å². The van der Waals surface area contributed by atoms with Crippen LogP contribution in [0.3, 0.4) is 0 Å². The molecule has 1 heteroatoms. The van der Waals surface area contributed by atoms with Crippen LogP contribution >= 0.6 is 0 Å². The van der Waals surface area contributed by atoms with Crippen molar-refractivity contribution in [3.05, 3.63) is 36.9 Å². The quantitative estimate of drug-likeness (QED) is 0.703. The van der Waals surface area contributed by atoms with Gasteiger partial charge >= 0.3 is 0 Å². The summed E-state index contributed by atoms with van der Waals surface area (Å²) in [7, 11) is 0. The molecule has 1 rings (SSSR count). The van der Waals surface area contributed by atoms with Crippen LogP contribution < -0.4 is 5.32 Å². The van der Waals surface area contributed by atoms with E-state index in [1.165, 1.54) is 0 Å². The molecule has 0 bridgehead atoms. The van der Waals surface area contributed by atoms with Crippen molar-refractivity contribution in [1.82, 2.24) is 0 Å². The van der Waals surface area contributed by atoms with Crippen LogP contribution in [0.1, 0.15) is 20.8 Å². The number of hydrogen-bond donors (Lipinski definition) is 1. The van der Waals surface area contributed by atoms with E-state index < -0.39 is 0 Å². The zero-order chi connectivity index (χ0) is 9.03. The van der Waals surface area contributed by atoms with Crippen LogP contribution in [-0.4, -0.2) is 0 Å². The first-order valence-corrected chi connectivity index (χ1v) is 4.24. The lowest BCUT2D eigenvalue weighted by atomic mass is 9.97. The second-order valence-corrected chi connectivity index (χ2v) is 4.02. The summed E-state index contributed by atoms with van der Waals surface area (Å²) in [5.74, 6) is 0. The standard InChI is InChI=1S/C11H16N/c1-11(2,3)9-12-10-7-5-4-6-8-10/h4-9,12H,1-3H3. The van der Waals surface area contributed by atoms with Crippen molar-refractivity contribution >= 4 is 5.69 Å². The number of hydrogen-bond acceptors (Lipinski definition) is 1. The summed E-state index contributed by atoms with van der Waals surface area (Å²) in [6.07, 6.45) is 0. The molecule has 1 nitrogen and oxygen atoms in total. The highest BCUT2D eigenvalue weighted by Gasteiger charge is 2.09. The van der Waals surface area contributed by atoms with Crippen molar-refractivity contribution in [1.29, 1.82) is 0 Å². The Hall–Kier alpha value is -0.980. The molecule has 0 atom stereocenters. The van der Waals surface area contributed by atoms with E-state index in [1.54, 1.807) is 0 Å². The zero-order valence-electron chi connectivity index (χ0n) is 7.96. The van der Waals surface area contributed by atoms with Crippen molar-refractivity contribution in [2.75, 3.05) is 5.32 Å². The van der Waals surface area contributed by atoms with E-state index in [4.69, 9.17) is 0 Å². The predicted molar refractivity (Wildman–Crippen MR) is 53.8 cm³/mol. The lowest BCUT2D eigenvalue weighted by molar-refractivity contribution is 0.500. The SMILES string of the molecule is CC(C)(C)[CH]Nc1ccccc1. The van der Waals surface area contributed by atoms with Gasteiger partial charge in [0.1, 0.15) is 0 Å². The molecule has 0 spiro atoms. The molecule has 1 aromatic carbocycles. The minimum absolute atomic E-state index is 0.218. The Morgan fingerprint density at radius 3 is 2.17 bits per heavy atom. The molecular formula is C11H16N. The van der Waals surface area contributed by atoms with Gasteiger partial charge in [0, 0.05) is 5.69 Å². The van der Waals surface area contributed by atoms with Crippen LogP contribution in [0.4, 0.5) is 5.69 Å². The highest BCUT2D eigenvalue weighted by atomic mass is 14.9. The number of benzene rings is 1. The van der Waals surface area contributed by atoms with Crippen LogP contribution in [0.15, 0.2) is 30.3 Å². The minimum Gasteiger partial charge on any atom is -0.380 e. The lowest BCUT2D eigenvalue weighted by Crippen LogP contribution is -2.12. The smallest absolute Gasteiger partial charge is 0.0516 e. The van der Waals surface area contributed by atoms with Gasteiger partial charge in [-0.3, -0.25) is 0 Å². The average Bonchev–Trinajstić information content (AvgIpc) is 2.02. The third-order valence-electron chi connectivity index (χ3n) is 1.45. The molecule has 1 N–H and O–H groups in total. The van der Waals surface area contributed by atoms with Crippen molar-refractivity contribution in [3.8, 4) is 0 Å². The second-order valence-electron chi connectivity index (χ2n) is 4.02. The van der Waals surface area contributed by atoms with Gasteiger partial charge in [0.05, 0.1) is 6.54 Å². The third-order valence-corrected chi connectivity index (χ3v) is 1.45. The summed E-state index contributed by atoms with van der Waals surface area (Å²) in [6, 6.07) is 10.2. The highest BCUT2D eigenvalue weighted by molar-refractivity contribution is 5.44. The Morgan fingerprint density at radius 1 is 1.08 bits per heavy atom.